The molecule has 5 rings (SSSR count). The number of benzene rings is 4. The van der Waals surface area contributed by atoms with Crippen molar-refractivity contribution >= 4 is 74.3 Å². The van der Waals surface area contributed by atoms with E-state index in [1.54, 1.807) is 30.0 Å². The van der Waals surface area contributed by atoms with Gasteiger partial charge >= 0.3 is 5.69 Å². The molecular formula is C30H21IN4O7S. The van der Waals surface area contributed by atoms with Gasteiger partial charge in [0.15, 0.2) is 16.7 Å². The van der Waals surface area contributed by atoms with Crippen molar-refractivity contribution in [2.45, 2.75) is 6.92 Å². The Morgan fingerprint density at radius 1 is 0.930 bits per heavy atom. The second-order valence-corrected chi connectivity index (χ2v) is 11.0. The Kier molecular flexibility index (Phi) is 9.01. The van der Waals surface area contributed by atoms with Crippen LogP contribution in [0.1, 0.15) is 12.5 Å². The van der Waals surface area contributed by atoms with Gasteiger partial charge in [0, 0.05) is 6.07 Å². The molecule has 43 heavy (non-hydrogen) atoms. The minimum Gasteiger partial charge on any atom is -0.490 e. The smallest absolute Gasteiger partial charge is 0.318 e. The first-order chi connectivity index (χ1) is 20.7. The second kappa shape index (κ2) is 13.0. The van der Waals surface area contributed by atoms with E-state index in [1.165, 1.54) is 17.8 Å². The molecule has 0 saturated carbocycles. The number of hydrogen-bond donors (Lipinski definition) is 0. The number of nitrogens with zero attached hydrogens (tertiary/aromatic N) is 4. The third-order valence-electron chi connectivity index (χ3n) is 5.99. The van der Waals surface area contributed by atoms with Crippen LogP contribution in [0.15, 0.2) is 101 Å². The zero-order valence-electron chi connectivity index (χ0n) is 22.4. The summed E-state index contributed by atoms with van der Waals surface area (Å²) in [7, 11) is 0. The highest BCUT2D eigenvalue weighted by Gasteiger charge is 2.35. The molecule has 0 aliphatic carbocycles. The monoisotopic (exact) mass is 708 g/mol. The number of ether oxygens (including phenoxy) is 2. The molecule has 0 radical (unpaired) electrons. The van der Waals surface area contributed by atoms with Crippen LogP contribution in [0.25, 0.3) is 6.08 Å². The van der Waals surface area contributed by atoms with E-state index in [0.717, 1.165) is 12.1 Å². The van der Waals surface area contributed by atoms with E-state index in [-0.39, 0.29) is 29.8 Å². The maximum Gasteiger partial charge on any atom is 0.318 e. The van der Waals surface area contributed by atoms with Crippen molar-refractivity contribution in [3.05, 3.63) is 125 Å². The number of aliphatic imine (C=N–C) groups is 1. The molecule has 216 valence electrons. The fraction of sp³-hybridized carbons (Fsp3) is 0.0667. The molecule has 11 nitrogen and oxygen atoms in total. The molecule has 1 heterocycles. The van der Waals surface area contributed by atoms with Crippen LogP contribution in [-0.4, -0.2) is 27.5 Å². The molecule has 1 aliphatic rings. The lowest BCUT2D eigenvalue weighted by atomic mass is 10.1. The summed E-state index contributed by atoms with van der Waals surface area (Å²) in [4.78, 5) is 41.7. The number of rotatable bonds is 9. The number of nitro groups is 2. The fourth-order valence-electron chi connectivity index (χ4n) is 4.11. The molecule has 0 unspecified atom stereocenters. The van der Waals surface area contributed by atoms with Gasteiger partial charge in [0.2, 0.25) is 5.75 Å². The minimum atomic E-state index is -0.746. The lowest BCUT2D eigenvalue weighted by molar-refractivity contribution is -0.394. The molecular weight excluding hydrogens is 687 g/mol. The predicted molar refractivity (Wildman–Crippen MR) is 173 cm³/mol. The van der Waals surface area contributed by atoms with Gasteiger partial charge in [-0.2, -0.15) is 0 Å². The summed E-state index contributed by atoms with van der Waals surface area (Å²) in [5.74, 6) is 0.0506. The molecule has 0 atom stereocenters. The predicted octanol–water partition coefficient (Wildman–Crippen LogP) is 8.11. The number of halogens is 1. The van der Waals surface area contributed by atoms with E-state index in [1.807, 2.05) is 83.3 Å². The van der Waals surface area contributed by atoms with E-state index in [2.05, 4.69) is 0 Å². The summed E-state index contributed by atoms with van der Waals surface area (Å²) in [5, 5.41) is 23.3. The Balaban J connectivity index is 1.53. The molecule has 0 aromatic heterocycles. The van der Waals surface area contributed by atoms with Gasteiger partial charge in [-0.05, 0) is 95.4 Å². The highest BCUT2D eigenvalue weighted by atomic mass is 127. The molecule has 1 amide bonds. The highest BCUT2D eigenvalue weighted by molar-refractivity contribution is 14.1. The van der Waals surface area contributed by atoms with Crippen molar-refractivity contribution in [2.75, 3.05) is 11.5 Å². The topological polar surface area (TPSA) is 137 Å². The lowest BCUT2D eigenvalue weighted by Gasteiger charge is -2.15. The van der Waals surface area contributed by atoms with Crippen LogP contribution in [0.5, 0.6) is 17.2 Å². The van der Waals surface area contributed by atoms with Crippen molar-refractivity contribution in [3.63, 3.8) is 0 Å². The van der Waals surface area contributed by atoms with Crippen molar-refractivity contribution in [3.8, 4) is 17.2 Å². The number of anilines is 1. The molecule has 0 N–H and O–H groups in total. The summed E-state index contributed by atoms with van der Waals surface area (Å²) in [6, 6.07) is 25.1. The van der Waals surface area contributed by atoms with E-state index >= 15 is 0 Å². The van der Waals surface area contributed by atoms with Crippen molar-refractivity contribution in [1.82, 2.24) is 0 Å². The number of hydrogen-bond acceptors (Lipinski definition) is 9. The van der Waals surface area contributed by atoms with Gasteiger partial charge in [-0.15, -0.1) is 0 Å². The zero-order valence-corrected chi connectivity index (χ0v) is 25.4. The Morgan fingerprint density at radius 3 is 2.28 bits per heavy atom. The third kappa shape index (κ3) is 6.67. The van der Waals surface area contributed by atoms with E-state index in [4.69, 9.17) is 14.5 Å². The van der Waals surface area contributed by atoms with Gasteiger partial charge in [0.05, 0.1) is 42.4 Å². The standard InChI is InChI=1S/C30H21IN4O7S/c1-2-41-26-16-19(15-23(31)28(26)42-25-14-13-22(34(37)38)18-24(25)35(39)40)17-27-29(36)33(21-11-7-4-8-12-21)30(43-27)32-20-9-5-3-6-10-20/h3-18H,2H2,1H3/b27-17-,32-30?. The van der Waals surface area contributed by atoms with Crippen LogP contribution in [0, 0.1) is 23.8 Å². The van der Waals surface area contributed by atoms with E-state index in [0.29, 0.717) is 30.6 Å². The number of thioether (sulfide) groups is 1. The SMILES string of the molecule is CCOc1cc(/C=C2\SC(=Nc3ccccc3)N(c3ccccc3)C2=O)cc(I)c1Oc1ccc([N+](=O)[O-])cc1[N+](=O)[O-]. The quantitative estimate of drug-likeness (QED) is 0.0736. The summed E-state index contributed by atoms with van der Waals surface area (Å²) in [6.45, 7) is 2.04. The number of carbonyl (C=O) groups is 1. The Morgan fingerprint density at radius 2 is 1.63 bits per heavy atom. The fourth-order valence-corrected chi connectivity index (χ4v) is 5.85. The average Bonchev–Trinajstić information content (AvgIpc) is 3.29. The van der Waals surface area contributed by atoms with Crippen LogP contribution < -0.4 is 14.4 Å². The van der Waals surface area contributed by atoms with Crippen molar-refractivity contribution in [2.24, 2.45) is 4.99 Å². The first-order valence-electron chi connectivity index (χ1n) is 12.7. The molecule has 4 aromatic carbocycles. The van der Waals surface area contributed by atoms with Gasteiger partial charge in [0.25, 0.3) is 11.6 Å². The number of amides is 1. The van der Waals surface area contributed by atoms with Crippen LogP contribution in [0.3, 0.4) is 0 Å². The van der Waals surface area contributed by atoms with Crippen molar-refractivity contribution in [1.29, 1.82) is 0 Å². The summed E-state index contributed by atoms with van der Waals surface area (Å²) in [5.41, 5.74) is 1.02. The Hall–Kier alpha value is -4.76. The normalized spacial score (nSPS) is 14.7. The van der Waals surface area contributed by atoms with Crippen LogP contribution >= 0.6 is 34.4 Å². The maximum absolute atomic E-state index is 13.7. The van der Waals surface area contributed by atoms with Gasteiger partial charge in [0.1, 0.15) is 0 Å². The highest BCUT2D eigenvalue weighted by Crippen LogP contribution is 2.43. The number of carbonyl (C=O) groups excluding carboxylic acids is 1. The summed E-state index contributed by atoms with van der Waals surface area (Å²) in [6.07, 6.45) is 1.72. The number of non-ortho nitro benzene ring substituents is 1. The lowest BCUT2D eigenvalue weighted by Crippen LogP contribution is -2.28. The molecule has 13 heteroatoms. The van der Waals surface area contributed by atoms with Gasteiger partial charge in [-0.25, -0.2) is 4.99 Å². The van der Waals surface area contributed by atoms with E-state index < -0.39 is 21.2 Å². The number of nitro benzene ring substituents is 2. The second-order valence-electron chi connectivity index (χ2n) is 8.85. The largest absolute Gasteiger partial charge is 0.490 e. The average molecular weight is 708 g/mol. The van der Waals surface area contributed by atoms with Gasteiger partial charge < -0.3 is 9.47 Å². The number of para-hydroxylation sites is 2. The summed E-state index contributed by atoms with van der Waals surface area (Å²) >= 11 is 3.25. The Bertz CT molecular complexity index is 1780. The van der Waals surface area contributed by atoms with Crippen LogP contribution in [0.4, 0.5) is 22.7 Å². The van der Waals surface area contributed by atoms with Gasteiger partial charge in [-0.1, -0.05) is 36.4 Å². The molecule has 1 saturated heterocycles. The Labute approximate surface area is 263 Å². The zero-order chi connectivity index (χ0) is 30.5. The van der Waals surface area contributed by atoms with E-state index in [9.17, 15) is 25.0 Å². The maximum atomic E-state index is 13.7. The van der Waals surface area contributed by atoms with Crippen LogP contribution in [0.2, 0.25) is 0 Å². The number of amidine groups is 1. The molecule has 4 aromatic rings. The third-order valence-corrected chi connectivity index (χ3v) is 7.76. The molecule has 0 bridgehead atoms. The van der Waals surface area contributed by atoms with Crippen molar-refractivity contribution < 1.29 is 24.1 Å². The first-order valence-corrected chi connectivity index (χ1v) is 14.6. The first kappa shape index (κ1) is 29.7. The minimum absolute atomic E-state index is 0.178. The van der Waals surface area contributed by atoms with Gasteiger partial charge in [-0.3, -0.25) is 29.9 Å². The van der Waals surface area contributed by atoms with Crippen LogP contribution in [-0.2, 0) is 4.79 Å². The molecule has 1 fully saturated rings. The molecule has 0 spiro atoms. The molecule has 1 aliphatic heterocycles. The summed E-state index contributed by atoms with van der Waals surface area (Å²) < 4.78 is 12.3.